The number of nitrogens with zero attached hydrogens (tertiary/aromatic N) is 2. The molecule has 0 unspecified atom stereocenters. The van der Waals surface area contributed by atoms with Crippen molar-refractivity contribution < 1.29 is 14.0 Å². The molecular formula is C23H22N4O3S2. The van der Waals surface area contributed by atoms with E-state index in [9.17, 15) is 9.59 Å². The fourth-order valence-corrected chi connectivity index (χ4v) is 4.25. The largest absolute Gasteiger partial charge is 0.465 e. The van der Waals surface area contributed by atoms with E-state index in [0.717, 1.165) is 29.3 Å². The Kier molecular flexibility index (Phi) is 6.98. The van der Waals surface area contributed by atoms with E-state index in [1.165, 1.54) is 23.7 Å². The Morgan fingerprint density at radius 1 is 1.03 bits per heavy atom. The van der Waals surface area contributed by atoms with Crippen molar-refractivity contribution in [3.05, 3.63) is 76.9 Å². The van der Waals surface area contributed by atoms with Crippen LogP contribution in [0.15, 0.2) is 70.7 Å². The normalized spacial score (nSPS) is 13.9. The second kappa shape index (κ2) is 10.3. The number of amides is 2. The van der Waals surface area contributed by atoms with Gasteiger partial charge in [-0.1, -0.05) is 6.07 Å². The Hall–Kier alpha value is -3.43. The third-order valence-corrected chi connectivity index (χ3v) is 6.03. The molecule has 4 rings (SSSR count). The van der Waals surface area contributed by atoms with E-state index >= 15 is 0 Å². The lowest BCUT2D eigenvalue weighted by molar-refractivity contribution is -0.115. The van der Waals surface area contributed by atoms with Crippen molar-refractivity contribution in [1.29, 1.82) is 0 Å². The Bertz CT molecular complexity index is 1080. The topological polar surface area (TPSA) is 77.8 Å². The van der Waals surface area contributed by atoms with E-state index in [-0.39, 0.29) is 16.9 Å². The highest BCUT2D eigenvalue weighted by atomic mass is 32.1. The van der Waals surface area contributed by atoms with Crippen LogP contribution in [-0.4, -0.2) is 48.0 Å². The Labute approximate surface area is 195 Å². The molecule has 1 saturated heterocycles. The molecule has 0 radical (unpaired) electrons. The first-order chi connectivity index (χ1) is 15.6. The SMILES string of the molecule is O=C(/C=C/c1ccco1)NC(=S)Nc1ccc(N2CCN(C(=O)c3cccs3)CC2)cc1. The van der Waals surface area contributed by atoms with Crippen molar-refractivity contribution in [2.45, 2.75) is 0 Å². The van der Waals surface area contributed by atoms with Crippen molar-refractivity contribution in [3.8, 4) is 0 Å². The first-order valence-electron chi connectivity index (χ1n) is 10.1. The van der Waals surface area contributed by atoms with Gasteiger partial charge in [-0.05, 0) is 66.1 Å². The summed E-state index contributed by atoms with van der Waals surface area (Å²) in [5.41, 5.74) is 1.86. The summed E-state index contributed by atoms with van der Waals surface area (Å²) in [6.07, 6.45) is 4.47. The molecule has 2 amide bonds. The summed E-state index contributed by atoms with van der Waals surface area (Å²) in [5.74, 6) is 0.352. The molecule has 3 heterocycles. The fourth-order valence-electron chi connectivity index (χ4n) is 3.34. The first-order valence-corrected chi connectivity index (χ1v) is 11.4. The quantitative estimate of drug-likeness (QED) is 0.440. The van der Waals surface area contributed by atoms with Gasteiger partial charge in [0.15, 0.2) is 5.11 Å². The fraction of sp³-hybridized carbons (Fsp3) is 0.174. The molecule has 0 atom stereocenters. The number of benzene rings is 1. The minimum atomic E-state index is -0.342. The number of hydrogen-bond acceptors (Lipinski definition) is 6. The van der Waals surface area contributed by atoms with Crippen LogP contribution in [0.4, 0.5) is 11.4 Å². The average Bonchev–Trinajstić information content (AvgIpc) is 3.52. The zero-order valence-corrected chi connectivity index (χ0v) is 18.8. The molecule has 1 aromatic carbocycles. The van der Waals surface area contributed by atoms with Crippen molar-refractivity contribution in [3.63, 3.8) is 0 Å². The van der Waals surface area contributed by atoms with Gasteiger partial charge in [-0.2, -0.15) is 0 Å². The van der Waals surface area contributed by atoms with E-state index in [0.29, 0.717) is 18.8 Å². The summed E-state index contributed by atoms with van der Waals surface area (Å²) in [6.45, 7) is 2.94. The van der Waals surface area contributed by atoms with Crippen LogP contribution in [-0.2, 0) is 4.79 Å². The van der Waals surface area contributed by atoms with Crippen LogP contribution in [0.3, 0.4) is 0 Å². The number of furan rings is 1. The zero-order valence-electron chi connectivity index (χ0n) is 17.2. The number of nitrogens with one attached hydrogen (secondary N) is 2. The molecular weight excluding hydrogens is 444 g/mol. The maximum atomic E-state index is 12.5. The summed E-state index contributed by atoms with van der Waals surface area (Å²) in [5, 5.41) is 7.75. The standard InChI is InChI=1S/C23H22N4O3S2/c28-21(10-9-19-3-1-15-30-19)25-23(31)24-17-5-7-18(8-6-17)26-11-13-27(14-12-26)22(29)20-4-2-16-32-20/h1-10,15-16H,11-14H2,(H2,24,25,28,31)/b10-9+. The van der Waals surface area contributed by atoms with Crippen LogP contribution in [0.2, 0.25) is 0 Å². The van der Waals surface area contributed by atoms with Crippen LogP contribution in [0.25, 0.3) is 6.08 Å². The van der Waals surface area contributed by atoms with E-state index < -0.39 is 0 Å². The van der Waals surface area contributed by atoms with Gasteiger partial charge in [-0.15, -0.1) is 11.3 Å². The third kappa shape index (κ3) is 5.63. The predicted molar refractivity (Wildman–Crippen MR) is 131 cm³/mol. The van der Waals surface area contributed by atoms with Crippen LogP contribution in [0.5, 0.6) is 0 Å². The zero-order chi connectivity index (χ0) is 22.3. The number of carbonyl (C=O) groups excluding carboxylic acids is 2. The average molecular weight is 467 g/mol. The summed E-state index contributed by atoms with van der Waals surface area (Å²) in [4.78, 5) is 29.4. The Balaban J connectivity index is 1.25. The molecule has 0 bridgehead atoms. The molecule has 2 aromatic heterocycles. The number of piperazine rings is 1. The first kappa shape index (κ1) is 21.8. The highest BCUT2D eigenvalue weighted by Gasteiger charge is 2.22. The molecule has 0 saturated carbocycles. The number of rotatable bonds is 5. The molecule has 0 spiro atoms. The Morgan fingerprint density at radius 3 is 2.47 bits per heavy atom. The summed E-state index contributed by atoms with van der Waals surface area (Å²) in [6, 6.07) is 15.1. The van der Waals surface area contributed by atoms with Crippen LogP contribution >= 0.6 is 23.6 Å². The highest BCUT2D eigenvalue weighted by Crippen LogP contribution is 2.21. The van der Waals surface area contributed by atoms with E-state index in [4.69, 9.17) is 16.6 Å². The highest BCUT2D eigenvalue weighted by molar-refractivity contribution is 7.80. The summed E-state index contributed by atoms with van der Waals surface area (Å²) < 4.78 is 5.14. The van der Waals surface area contributed by atoms with Gasteiger partial charge in [0.2, 0.25) is 5.91 Å². The number of anilines is 2. The van der Waals surface area contributed by atoms with E-state index in [1.807, 2.05) is 46.7 Å². The maximum Gasteiger partial charge on any atom is 0.264 e. The maximum absolute atomic E-state index is 12.5. The number of hydrogen-bond donors (Lipinski definition) is 2. The van der Waals surface area contributed by atoms with Gasteiger partial charge in [0.25, 0.3) is 5.91 Å². The van der Waals surface area contributed by atoms with Crippen LogP contribution < -0.4 is 15.5 Å². The molecule has 3 aromatic rings. The molecule has 32 heavy (non-hydrogen) atoms. The summed E-state index contributed by atoms with van der Waals surface area (Å²) >= 11 is 6.69. The minimum Gasteiger partial charge on any atom is -0.465 e. The molecule has 1 aliphatic rings. The van der Waals surface area contributed by atoms with Gasteiger partial charge < -0.3 is 19.5 Å². The second-order valence-electron chi connectivity index (χ2n) is 7.10. The van der Waals surface area contributed by atoms with Crippen molar-refractivity contribution >= 4 is 57.9 Å². The van der Waals surface area contributed by atoms with Gasteiger partial charge in [0.05, 0.1) is 11.1 Å². The molecule has 164 valence electrons. The molecule has 1 fully saturated rings. The molecule has 2 N–H and O–H groups in total. The molecule has 0 aliphatic carbocycles. The minimum absolute atomic E-state index is 0.105. The lowest BCUT2D eigenvalue weighted by atomic mass is 10.2. The third-order valence-electron chi connectivity index (χ3n) is 4.97. The molecule has 1 aliphatic heterocycles. The molecule has 7 nitrogen and oxygen atoms in total. The van der Waals surface area contributed by atoms with Gasteiger partial charge in [0, 0.05) is 43.6 Å². The van der Waals surface area contributed by atoms with Crippen molar-refractivity contribution in [1.82, 2.24) is 10.2 Å². The van der Waals surface area contributed by atoms with Crippen LogP contribution in [0.1, 0.15) is 15.4 Å². The second-order valence-corrected chi connectivity index (χ2v) is 8.45. The van der Waals surface area contributed by atoms with Gasteiger partial charge in [-0.3, -0.25) is 14.9 Å². The monoisotopic (exact) mass is 466 g/mol. The number of thiophene rings is 1. The summed E-state index contributed by atoms with van der Waals surface area (Å²) in [7, 11) is 0. The van der Waals surface area contributed by atoms with E-state index in [1.54, 1.807) is 18.2 Å². The number of thiocarbonyl (C=S) groups is 1. The predicted octanol–water partition coefficient (Wildman–Crippen LogP) is 3.83. The lowest BCUT2D eigenvalue weighted by Gasteiger charge is -2.36. The lowest BCUT2D eigenvalue weighted by Crippen LogP contribution is -2.48. The van der Waals surface area contributed by atoms with Gasteiger partial charge >= 0.3 is 0 Å². The van der Waals surface area contributed by atoms with Crippen molar-refractivity contribution in [2.75, 3.05) is 36.4 Å². The van der Waals surface area contributed by atoms with Crippen LogP contribution in [0, 0.1) is 0 Å². The Morgan fingerprint density at radius 2 is 1.81 bits per heavy atom. The van der Waals surface area contributed by atoms with Crippen molar-refractivity contribution in [2.24, 2.45) is 0 Å². The smallest absolute Gasteiger partial charge is 0.264 e. The van der Waals surface area contributed by atoms with Gasteiger partial charge in [0.1, 0.15) is 5.76 Å². The number of carbonyl (C=O) groups is 2. The molecule has 9 heteroatoms. The van der Waals surface area contributed by atoms with Gasteiger partial charge in [-0.25, -0.2) is 0 Å². The van der Waals surface area contributed by atoms with E-state index in [2.05, 4.69) is 15.5 Å².